The lowest BCUT2D eigenvalue weighted by Gasteiger charge is -2.57. The van der Waals surface area contributed by atoms with Gasteiger partial charge in [-0.15, -0.1) is 0 Å². The minimum absolute atomic E-state index is 0. The van der Waals surface area contributed by atoms with Gasteiger partial charge in [0.25, 0.3) is 12.9 Å². The van der Waals surface area contributed by atoms with Gasteiger partial charge >= 0.3 is 0 Å². The molecule has 0 amide bonds. The molecule has 0 heterocycles. The van der Waals surface area contributed by atoms with E-state index in [0.717, 1.165) is 31.6 Å². The van der Waals surface area contributed by atoms with E-state index in [1.54, 1.807) is 0 Å². The third-order valence-corrected chi connectivity index (χ3v) is 7.89. The van der Waals surface area contributed by atoms with Crippen LogP contribution in [-0.4, -0.2) is 31.9 Å². The first-order chi connectivity index (χ1) is 14.4. The Balaban J connectivity index is 0.000000532. The average Bonchev–Trinajstić information content (AvgIpc) is 3.14. The van der Waals surface area contributed by atoms with Crippen LogP contribution < -0.4 is 0 Å². The van der Waals surface area contributed by atoms with Gasteiger partial charge < -0.3 is 9.47 Å². The highest BCUT2D eigenvalue weighted by Gasteiger charge is 2.56. The number of carbonyl (C=O) groups is 3. The summed E-state index contributed by atoms with van der Waals surface area (Å²) in [4.78, 5) is 31.6. The van der Waals surface area contributed by atoms with Crippen molar-refractivity contribution in [3.05, 3.63) is 11.6 Å². The van der Waals surface area contributed by atoms with Crippen molar-refractivity contribution in [2.24, 2.45) is 35.0 Å². The second kappa shape index (κ2) is 12.4. The lowest BCUT2D eigenvalue weighted by Crippen LogP contribution is -2.50. The normalized spacial score (nSPS) is 37.5. The fourth-order valence-corrected chi connectivity index (χ4v) is 6.78. The lowest BCUT2D eigenvalue weighted by atomic mass is 9.47. The molecule has 4 aliphatic rings. The maximum atomic E-state index is 11.9. The second-order valence-electron chi connectivity index (χ2n) is 9.71. The van der Waals surface area contributed by atoms with Crippen molar-refractivity contribution in [2.45, 2.75) is 92.6 Å². The molecule has 0 radical (unpaired) electrons. The number of fused-ring (bicyclic) bond motifs is 5. The van der Waals surface area contributed by atoms with Gasteiger partial charge in [-0.25, -0.2) is 0 Å². The van der Waals surface area contributed by atoms with Crippen molar-refractivity contribution < 1.29 is 23.9 Å². The average molecular weight is 437 g/mol. The topological polar surface area (TPSA) is 69.7 Å². The van der Waals surface area contributed by atoms with Gasteiger partial charge in [-0.1, -0.05) is 47.1 Å². The van der Waals surface area contributed by atoms with Crippen molar-refractivity contribution >= 4 is 18.7 Å². The highest BCUT2D eigenvalue weighted by molar-refractivity contribution is 5.91. The Kier molecular flexibility index (Phi) is 11.0. The monoisotopic (exact) mass is 436 g/mol. The number of ketones is 1. The van der Waals surface area contributed by atoms with Crippen molar-refractivity contribution in [3.63, 3.8) is 0 Å². The minimum atomic E-state index is 0. The van der Waals surface area contributed by atoms with Crippen LogP contribution in [0.25, 0.3) is 0 Å². The highest BCUT2D eigenvalue weighted by Crippen LogP contribution is 2.63. The van der Waals surface area contributed by atoms with Crippen LogP contribution in [0.2, 0.25) is 0 Å². The predicted molar refractivity (Wildman–Crippen MR) is 123 cm³/mol. The Hall–Kier alpha value is -1.65. The summed E-state index contributed by atoms with van der Waals surface area (Å²) in [5.41, 5.74) is 1.67. The van der Waals surface area contributed by atoms with E-state index in [-0.39, 0.29) is 18.9 Å². The van der Waals surface area contributed by atoms with Crippen LogP contribution >= 0.6 is 0 Å². The Morgan fingerprint density at radius 3 is 2.29 bits per heavy atom. The summed E-state index contributed by atoms with van der Waals surface area (Å²) in [6.45, 7) is 10.1. The van der Waals surface area contributed by atoms with E-state index in [4.69, 9.17) is 9.53 Å². The SMILES string of the molecule is C.CC1CC2=CC(=O)CCC2(C)C2CCC3C(OC=O)CCC3C12.CCC.COC=O. The second-order valence-corrected chi connectivity index (χ2v) is 9.71. The van der Waals surface area contributed by atoms with Crippen molar-refractivity contribution in [1.82, 2.24) is 0 Å². The Labute approximate surface area is 189 Å². The summed E-state index contributed by atoms with van der Waals surface area (Å²) in [5, 5.41) is 0. The van der Waals surface area contributed by atoms with E-state index in [1.165, 1.54) is 38.4 Å². The molecule has 7 unspecified atom stereocenters. The fourth-order valence-electron chi connectivity index (χ4n) is 6.78. The molecule has 3 saturated carbocycles. The van der Waals surface area contributed by atoms with Crippen LogP contribution in [-0.2, 0) is 23.9 Å². The number of rotatable bonds is 3. The number of hydrogen-bond acceptors (Lipinski definition) is 5. The first-order valence-electron chi connectivity index (χ1n) is 11.7. The number of allylic oxidation sites excluding steroid dienone is 1. The standard InChI is InChI=1S/C20H28O3.C3H8.C2H4O2.CH4/c1-12-9-13-10-14(22)7-8-20(13,2)17-5-3-15-16(19(12)17)4-6-18(15)23-11-21;1-3-2;1-4-2-3;/h10-12,15-19H,3-9H2,1-2H3;3H2,1-2H3;2H,1H3;1H4. The van der Waals surface area contributed by atoms with Gasteiger partial charge in [0.15, 0.2) is 5.78 Å². The van der Waals surface area contributed by atoms with Crippen LogP contribution in [0.4, 0.5) is 0 Å². The molecule has 0 saturated heterocycles. The number of hydrogen-bond donors (Lipinski definition) is 0. The molecule has 3 fully saturated rings. The van der Waals surface area contributed by atoms with Crippen LogP contribution in [0.1, 0.15) is 86.5 Å². The molecular formula is C26H44O5. The van der Waals surface area contributed by atoms with Gasteiger partial charge in [0.05, 0.1) is 7.11 Å². The van der Waals surface area contributed by atoms with Crippen LogP contribution in [0.5, 0.6) is 0 Å². The van der Waals surface area contributed by atoms with Crippen LogP contribution in [0, 0.1) is 35.0 Å². The summed E-state index contributed by atoms with van der Waals surface area (Å²) in [6, 6.07) is 0. The van der Waals surface area contributed by atoms with E-state index >= 15 is 0 Å². The van der Waals surface area contributed by atoms with Gasteiger partial charge in [-0.05, 0) is 79.6 Å². The quantitative estimate of drug-likeness (QED) is 0.526. The molecule has 0 aliphatic heterocycles. The molecule has 0 aromatic carbocycles. The lowest BCUT2D eigenvalue weighted by molar-refractivity contribution is -0.137. The molecule has 0 N–H and O–H groups in total. The maximum Gasteiger partial charge on any atom is 0.293 e. The third kappa shape index (κ3) is 5.78. The molecule has 5 nitrogen and oxygen atoms in total. The van der Waals surface area contributed by atoms with Gasteiger partial charge in [0, 0.05) is 6.42 Å². The Morgan fingerprint density at radius 1 is 1.10 bits per heavy atom. The van der Waals surface area contributed by atoms with E-state index in [0.29, 0.717) is 42.4 Å². The number of methoxy groups -OCH3 is 1. The first kappa shape index (κ1) is 27.4. The molecule has 4 aliphatic carbocycles. The summed E-state index contributed by atoms with van der Waals surface area (Å²) < 4.78 is 9.26. The summed E-state index contributed by atoms with van der Waals surface area (Å²) >= 11 is 0. The largest absolute Gasteiger partial charge is 0.471 e. The highest BCUT2D eigenvalue weighted by atomic mass is 16.5. The van der Waals surface area contributed by atoms with E-state index < -0.39 is 0 Å². The summed E-state index contributed by atoms with van der Waals surface area (Å²) in [7, 11) is 1.31. The zero-order valence-corrected chi connectivity index (χ0v) is 19.4. The van der Waals surface area contributed by atoms with Gasteiger partial charge in [0.1, 0.15) is 6.10 Å². The maximum absolute atomic E-state index is 11.9. The van der Waals surface area contributed by atoms with Gasteiger partial charge in [0.2, 0.25) is 0 Å². The number of ether oxygens (including phenoxy) is 2. The fraction of sp³-hybridized carbons (Fsp3) is 0.808. The van der Waals surface area contributed by atoms with E-state index in [2.05, 4.69) is 32.4 Å². The Bertz CT molecular complexity index is 627. The van der Waals surface area contributed by atoms with Crippen molar-refractivity contribution in [1.29, 1.82) is 0 Å². The minimum Gasteiger partial charge on any atom is -0.471 e. The third-order valence-electron chi connectivity index (χ3n) is 7.89. The van der Waals surface area contributed by atoms with E-state index in [1.807, 2.05) is 6.08 Å². The first-order valence-corrected chi connectivity index (χ1v) is 11.7. The van der Waals surface area contributed by atoms with Crippen LogP contribution in [0.3, 0.4) is 0 Å². The summed E-state index contributed by atoms with van der Waals surface area (Å²) in [5.74, 6) is 3.71. The summed E-state index contributed by atoms with van der Waals surface area (Å²) in [6.07, 6.45) is 10.9. The molecular weight excluding hydrogens is 392 g/mol. The van der Waals surface area contributed by atoms with Crippen molar-refractivity contribution in [2.75, 3.05) is 7.11 Å². The molecule has 0 aromatic heterocycles. The molecule has 0 bridgehead atoms. The van der Waals surface area contributed by atoms with Gasteiger partial charge in [-0.3, -0.25) is 14.4 Å². The molecule has 0 aromatic rings. The zero-order chi connectivity index (χ0) is 22.3. The molecule has 31 heavy (non-hydrogen) atoms. The zero-order valence-electron chi connectivity index (χ0n) is 19.4. The molecule has 0 spiro atoms. The predicted octanol–water partition coefficient (Wildman–Crippen LogP) is 5.76. The smallest absolute Gasteiger partial charge is 0.293 e. The van der Waals surface area contributed by atoms with Gasteiger partial charge in [-0.2, -0.15) is 0 Å². The Morgan fingerprint density at radius 2 is 1.71 bits per heavy atom. The van der Waals surface area contributed by atoms with Crippen LogP contribution in [0.15, 0.2) is 11.6 Å². The van der Waals surface area contributed by atoms with E-state index in [9.17, 15) is 9.59 Å². The number of carbonyl (C=O) groups excluding carboxylic acids is 3. The van der Waals surface area contributed by atoms with Crippen molar-refractivity contribution in [3.8, 4) is 0 Å². The molecule has 178 valence electrons. The molecule has 7 atom stereocenters. The molecule has 5 heteroatoms. The molecule has 4 rings (SSSR count).